The van der Waals surface area contributed by atoms with Gasteiger partial charge in [0.05, 0.1) is 16.0 Å². The standard InChI is InChI=1S/C19H19F3N2O3S/c1-14-6-8-15(9-7-14)28(26,27)24-12-10-23(11-13-24)18(25)16-4-2-3-5-17(16)19(20,21)22/h2-9H,10-13H2,1H3. The van der Waals surface area contributed by atoms with Crippen molar-refractivity contribution in [1.82, 2.24) is 9.21 Å². The molecule has 0 spiro atoms. The Morgan fingerprint density at radius 1 is 0.929 bits per heavy atom. The third kappa shape index (κ3) is 4.05. The predicted molar refractivity (Wildman–Crippen MR) is 97.3 cm³/mol. The molecule has 2 aromatic rings. The van der Waals surface area contributed by atoms with E-state index in [0.29, 0.717) is 0 Å². The Bertz CT molecular complexity index is 965. The zero-order chi connectivity index (χ0) is 20.5. The summed E-state index contributed by atoms with van der Waals surface area (Å²) in [6.45, 7) is 1.94. The Labute approximate surface area is 161 Å². The number of benzene rings is 2. The molecule has 0 aromatic heterocycles. The van der Waals surface area contributed by atoms with Crippen molar-refractivity contribution >= 4 is 15.9 Å². The lowest BCUT2D eigenvalue weighted by atomic mass is 10.1. The average Bonchev–Trinajstić information content (AvgIpc) is 2.67. The van der Waals surface area contributed by atoms with E-state index in [9.17, 15) is 26.4 Å². The zero-order valence-electron chi connectivity index (χ0n) is 15.1. The molecule has 0 atom stereocenters. The largest absolute Gasteiger partial charge is 0.417 e. The average molecular weight is 412 g/mol. The first-order valence-corrected chi connectivity index (χ1v) is 10.1. The number of alkyl halides is 3. The van der Waals surface area contributed by atoms with Gasteiger partial charge >= 0.3 is 6.18 Å². The Hall–Kier alpha value is -2.39. The van der Waals surface area contributed by atoms with Crippen LogP contribution in [0.2, 0.25) is 0 Å². The number of carbonyl (C=O) groups is 1. The maximum Gasteiger partial charge on any atom is 0.417 e. The summed E-state index contributed by atoms with van der Waals surface area (Å²) in [6, 6.07) is 11.0. The van der Waals surface area contributed by atoms with E-state index in [1.165, 1.54) is 33.5 Å². The fourth-order valence-electron chi connectivity index (χ4n) is 3.08. The third-order valence-electron chi connectivity index (χ3n) is 4.65. The minimum absolute atomic E-state index is 0.0239. The summed E-state index contributed by atoms with van der Waals surface area (Å²) in [4.78, 5) is 14.0. The number of rotatable bonds is 3. The lowest BCUT2D eigenvalue weighted by Gasteiger charge is -2.34. The number of carbonyl (C=O) groups excluding carboxylic acids is 1. The van der Waals surface area contributed by atoms with E-state index >= 15 is 0 Å². The second kappa shape index (κ2) is 7.56. The van der Waals surface area contributed by atoms with E-state index in [2.05, 4.69) is 0 Å². The van der Waals surface area contributed by atoms with Crippen molar-refractivity contribution in [3.05, 3.63) is 65.2 Å². The number of aryl methyl sites for hydroxylation is 1. The summed E-state index contributed by atoms with van der Waals surface area (Å²) < 4.78 is 66.1. The van der Waals surface area contributed by atoms with Crippen LogP contribution in [-0.2, 0) is 16.2 Å². The maximum absolute atomic E-state index is 13.2. The molecular weight excluding hydrogens is 393 g/mol. The molecule has 0 saturated carbocycles. The molecule has 9 heteroatoms. The van der Waals surface area contributed by atoms with Crippen LogP contribution in [0.25, 0.3) is 0 Å². The van der Waals surface area contributed by atoms with Crippen LogP contribution >= 0.6 is 0 Å². The fourth-order valence-corrected chi connectivity index (χ4v) is 4.50. The van der Waals surface area contributed by atoms with Gasteiger partial charge in [0.1, 0.15) is 0 Å². The van der Waals surface area contributed by atoms with Gasteiger partial charge in [0.2, 0.25) is 10.0 Å². The van der Waals surface area contributed by atoms with Gasteiger partial charge in [-0.2, -0.15) is 17.5 Å². The number of halogens is 3. The first kappa shape index (κ1) is 20.3. The summed E-state index contributed by atoms with van der Waals surface area (Å²) in [6.07, 6.45) is -4.64. The zero-order valence-corrected chi connectivity index (χ0v) is 15.9. The van der Waals surface area contributed by atoms with Gasteiger partial charge in [-0.3, -0.25) is 4.79 Å². The Balaban J connectivity index is 1.74. The van der Waals surface area contributed by atoms with Gasteiger partial charge in [0.25, 0.3) is 5.91 Å². The van der Waals surface area contributed by atoms with E-state index < -0.39 is 33.2 Å². The van der Waals surface area contributed by atoms with Crippen molar-refractivity contribution in [1.29, 1.82) is 0 Å². The fraction of sp³-hybridized carbons (Fsp3) is 0.316. The Kier molecular flexibility index (Phi) is 5.49. The molecule has 3 rings (SSSR count). The summed E-state index contributed by atoms with van der Waals surface area (Å²) in [7, 11) is -3.71. The summed E-state index contributed by atoms with van der Waals surface area (Å²) >= 11 is 0. The van der Waals surface area contributed by atoms with Gasteiger partial charge in [0, 0.05) is 26.2 Å². The minimum atomic E-state index is -4.64. The second-order valence-corrected chi connectivity index (χ2v) is 8.49. The molecule has 28 heavy (non-hydrogen) atoms. The van der Waals surface area contributed by atoms with Crippen molar-refractivity contribution < 1.29 is 26.4 Å². The van der Waals surface area contributed by atoms with Crippen molar-refractivity contribution in [2.24, 2.45) is 0 Å². The molecule has 150 valence electrons. The van der Waals surface area contributed by atoms with Crippen LogP contribution in [0.4, 0.5) is 13.2 Å². The normalized spacial score (nSPS) is 16.2. The molecule has 5 nitrogen and oxygen atoms in total. The second-order valence-electron chi connectivity index (χ2n) is 6.55. The van der Waals surface area contributed by atoms with E-state index in [1.807, 2.05) is 6.92 Å². The molecule has 1 saturated heterocycles. The highest BCUT2D eigenvalue weighted by atomic mass is 32.2. The van der Waals surface area contributed by atoms with Gasteiger partial charge in [-0.05, 0) is 31.2 Å². The molecule has 2 aromatic carbocycles. The van der Waals surface area contributed by atoms with Crippen LogP contribution in [0.5, 0.6) is 0 Å². The minimum Gasteiger partial charge on any atom is -0.336 e. The molecule has 1 fully saturated rings. The number of piperazine rings is 1. The topological polar surface area (TPSA) is 57.7 Å². The van der Waals surface area contributed by atoms with Crippen LogP contribution in [0.1, 0.15) is 21.5 Å². The van der Waals surface area contributed by atoms with Crippen LogP contribution in [0.3, 0.4) is 0 Å². The summed E-state index contributed by atoms with van der Waals surface area (Å²) in [5.41, 5.74) is -0.489. The van der Waals surface area contributed by atoms with Gasteiger partial charge in [0.15, 0.2) is 0 Å². The van der Waals surface area contributed by atoms with E-state index in [-0.39, 0.29) is 31.1 Å². The van der Waals surface area contributed by atoms with Crippen molar-refractivity contribution in [3.8, 4) is 0 Å². The van der Waals surface area contributed by atoms with Crippen LogP contribution in [0.15, 0.2) is 53.4 Å². The third-order valence-corrected chi connectivity index (χ3v) is 6.56. The first-order chi connectivity index (χ1) is 13.1. The Morgan fingerprint density at radius 3 is 2.07 bits per heavy atom. The summed E-state index contributed by atoms with van der Waals surface area (Å²) in [5.74, 6) is -0.750. The molecule has 1 amide bonds. The van der Waals surface area contributed by atoms with Crippen LogP contribution in [-0.4, -0.2) is 49.7 Å². The van der Waals surface area contributed by atoms with Crippen molar-refractivity contribution in [2.45, 2.75) is 18.0 Å². The highest BCUT2D eigenvalue weighted by Gasteiger charge is 2.37. The smallest absolute Gasteiger partial charge is 0.336 e. The number of amides is 1. The van der Waals surface area contributed by atoms with E-state index in [0.717, 1.165) is 17.7 Å². The van der Waals surface area contributed by atoms with E-state index in [4.69, 9.17) is 0 Å². The molecular formula is C19H19F3N2O3S. The number of hydrogen-bond acceptors (Lipinski definition) is 3. The number of hydrogen-bond donors (Lipinski definition) is 0. The van der Waals surface area contributed by atoms with E-state index in [1.54, 1.807) is 12.1 Å². The van der Waals surface area contributed by atoms with Gasteiger partial charge < -0.3 is 4.90 Å². The molecule has 1 heterocycles. The lowest BCUT2D eigenvalue weighted by molar-refractivity contribution is -0.138. The predicted octanol–water partition coefficient (Wildman–Crippen LogP) is 3.16. The highest BCUT2D eigenvalue weighted by Crippen LogP contribution is 2.32. The molecule has 0 radical (unpaired) electrons. The maximum atomic E-state index is 13.2. The lowest BCUT2D eigenvalue weighted by Crippen LogP contribution is -2.50. The monoisotopic (exact) mass is 412 g/mol. The van der Waals surface area contributed by atoms with Gasteiger partial charge in [-0.25, -0.2) is 8.42 Å². The molecule has 1 aliphatic heterocycles. The first-order valence-electron chi connectivity index (χ1n) is 8.63. The van der Waals surface area contributed by atoms with Gasteiger partial charge in [-0.1, -0.05) is 29.8 Å². The van der Waals surface area contributed by atoms with Crippen molar-refractivity contribution in [2.75, 3.05) is 26.2 Å². The SMILES string of the molecule is Cc1ccc(S(=O)(=O)N2CCN(C(=O)c3ccccc3C(F)(F)F)CC2)cc1. The quantitative estimate of drug-likeness (QED) is 0.778. The van der Waals surface area contributed by atoms with Crippen molar-refractivity contribution in [3.63, 3.8) is 0 Å². The van der Waals surface area contributed by atoms with Gasteiger partial charge in [-0.15, -0.1) is 0 Å². The summed E-state index contributed by atoms with van der Waals surface area (Å²) in [5, 5.41) is 0. The van der Waals surface area contributed by atoms with Crippen LogP contribution < -0.4 is 0 Å². The number of nitrogens with zero attached hydrogens (tertiary/aromatic N) is 2. The molecule has 0 bridgehead atoms. The molecule has 1 aliphatic rings. The molecule has 0 unspecified atom stereocenters. The van der Waals surface area contributed by atoms with Crippen LogP contribution in [0, 0.1) is 6.92 Å². The molecule has 0 aliphatic carbocycles. The number of sulfonamides is 1. The molecule has 0 N–H and O–H groups in total. The Morgan fingerprint density at radius 2 is 1.50 bits per heavy atom. The highest BCUT2D eigenvalue weighted by molar-refractivity contribution is 7.89.